The Morgan fingerprint density at radius 1 is 1.09 bits per heavy atom. The molecule has 318 valence electrons. The van der Waals surface area contributed by atoms with Crippen LogP contribution in [0.4, 0.5) is 18.0 Å². The van der Waals surface area contributed by atoms with Gasteiger partial charge in [0.05, 0.1) is 17.4 Å². The van der Waals surface area contributed by atoms with Crippen molar-refractivity contribution in [3.8, 4) is 11.6 Å². The number of halogens is 3. The minimum atomic E-state index is -4.85. The number of pyridine rings is 1. The maximum atomic E-state index is 14.7. The molecule has 4 aliphatic rings. The minimum absolute atomic E-state index is 0.0298. The van der Waals surface area contributed by atoms with Crippen molar-refractivity contribution in [2.45, 2.75) is 133 Å². The van der Waals surface area contributed by atoms with E-state index in [1.165, 1.54) is 11.8 Å². The van der Waals surface area contributed by atoms with E-state index < -0.39 is 86.4 Å². The first kappa shape index (κ1) is 43.0. The SMILES string of the molecule is CC(C)Oc1ccc2c(O[C@@H]3C[C@H]4C(=O)N[C@]5(C(=O)NS(=O)(=O)C6(C)CC6)C[C@H]5/C=C\CC[C@@H](C)C[C@@H](C)[C@H](NC(=O)O[C@H](C)C(F)(F)F)C(=O)N4C3)nccc2c1. The molecular formula is C40H52F3N5O9S. The second-order valence-electron chi connectivity index (χ2n) is 16.8. The normalized spacial score (nSPS) is 29.8. The number of sulfonamides is 1. The summed E-state index contributed by atoms with van der Waals surface area (Å²) in [5.74, 6) is -2.80. The zero-order valence-corrected chi connectivity index (χ0v) is 34.2. The zero-order valence-electron chi connectivity index (χ0n) is 33.4. The van der Waals surface area contributed by atoms with Gasteiger partial charge in [-0.25, -0.2) is 18.2 Å². The zero-order chi connectivity index (χ0) is 42.4. The molecule has 2 aliphatic heterocycles. The quantitative estimate of drug-likeness (QED) is 0.281. The van der Waals surface area contributed by atoms with Crippen LogP contribution in [0.1, 0.15) is 86.5 Å². The van der Waals surface area contributed by atoms with Crippen LogP contribution in [0.3, 0.4) is 0 Å². The van der Waals surface area contributed by atoms with E-state index >= 15 is 0 Å². The fourth-order valence-electron chi connectivity index (χ4n) is 7.71. The summed E-state index contributed by atoms with van der Waals surface area (Å²) in [6, 6.07) is 4.41. The van der Waals surface area contributed by atoms with Crippen LogP contribution in [-0.4, -0.2) is 95.5 Å². The van der Waals surface area contributed by atoms with Crippen LogP contribution in [0.2, 0.25) is 0 Å². The molecule has 3 fully saturated rings. The van der Waals surface area contributed by atoms with Gasteiger partial charge in [-0.3, -0.25) is 19.1 Å². The highest BCUT2D eigenvalue weighted by atomic mass is 32.2. The average molecular weight is 836 g/mol. The second kappa shape index (κ2) is 16.2. The number of carbonyl (C=O) groups is 4. The Hall–Kier alpha value is -4.61. The Labute approximate surface area is 336 Å². The van der Waals surface area contributed by atoms with Gasteiger partial charge in [-0.05, 0) is 108 Å². The van der Waals surface area contributed by atoms with E-state index in [4.69, 9.17) is 9.47 Å². The molecular weight excluding hydrogens is 784 g/mol. The third kappa shape index (κ3) is 9.31. The smallest absolute Gasteiger partial charge is 0.425 e. The van der Waals surface area contributed by atoms with Crippen LogP contribution in [0.25, 0.3) is 10.8 Å². The van der Waals surface area contributed by atoms with E-state index in [0.29, 0.717) is 50.2 Å². The van der Waals surface area contributed by atoms with Crippen molar-refractivity contribution >= 4 is 44.6 Å². The third-order valence-electron chi connectivity index (χ3n) is 11.6. The first-order chi connectivity index (χ1) is 27.1. The van der Waals surface area contributed by atoms with Crippen LogP contribution in [-0.2, 0) is 29.1 Å². The van der Waals surface area contributed by atoms with Gasteiger partial charge < -0.3 is 29.7 Å². The van der Waals surface area contributed by atoms with Crippen molar-refractivity contribution in [2.24, 2.45) is 17.8 Å². The maximum Gasteiger partial charge on any atom is 0.425 e. The molecule has 1 saturated heterocycles. The molecule has 0 spiro atoms. The lowest BCUT2D eigenvalue weighted by atomic mass is 9.88. The van der Waals surface area contributed by atoms with Crippen molar-refractivity contribution in [1.29, 1.82) is 0 Å². The Morgan fingerprint density at radius 2 is 1.81 bits per heavy atom. The number of ether oxygens (including phenoxy) is 3. The first-order valence-electron chi connectivity index (χ1n) is 19.7. The summed E-state index contributed by atoms with van der Waals surface area (Å²) in [6.45, 7) is 9.44. The molecule has 2 aliphatic carbocycles. The number of alkyl halides is 3. The number of nitrogens with one attached hydrogen (secondary N) is 3. The van der Waals surface area contributed by atoms with Gasteiger partial charge in [-0.1, -0.05) is 26.0 Å². The topological polar surface area (TPSA) is 182 Å². The van der Waals surface area contributed by atoms with Crippen molar-refractivity contribution in [3.63, 3.8) is 0 Å². The lowest BCUT2D eigenvalue weighted by molar-refractivity contribution is -0.197. The lowest BCUT2D eigenvalue weighted by Crippen LogP contribution is -2.59. The molecule has 18 heteroatoms. The molecule has 0 bridgehead atoms. The van der Waals surface area contributed by atoms with Gasteiger partial charge in [0, 0.05) is 23.9 Å². The van der Waals surface area contributed by atoms with E-state index in [0.717, 1.165) is 5.39 Å². The summed E-state index contributed by atoms with van der Waals surface area (Å²) < 4.78 is 84.4. The average Bonchev–Trinajstić information content (AvgIpc) is 4.01. The number of aromatic nitrogens is 1. The number of hydrogen-bond acceptors (Lipinski definition) is 10. The first-order valence-corrected chi connectivity index (χ1v) is 21.2. The lowest BCUT2D eigenvalue weighted by Gasteiger charge is -2.33. The molecule has 0 unspecified atom stereocenters. The Balaban J connectivity index is 1.34. The van der Waals surface area contributed by atoms with E-state index in [-0.39, 0.29) is 37.3 Å². The monoisotopic (exact) mass is 835 g/mol. The summed E-state index contributed by atoms with van der Waals surface area (Å²) in [4.78, 5) is 61.6. The van der Waals surface area contributed by atoms with Gasteiger partial charge in [0.25, 0.3) is 5.91 Å². The number of alkyl carbamates (subject to hydrolysis) is 1. The Kier molecular flexibility index (Phi) is 12.0. The molecule has 3 N–H and O–H groups in total. The number of carbonyl (C=O) groups excluding carboxylic acids is 4. The molecule has 2 saturated carbocycles. The van der Waals surface area contributed by atoms with Crippen LogP contribution in [0.15, 0.2) is 42.6 Å². The Morgan fingerprint density at radius 3 is 2.48 bits per heavy atom. The van der Waals surface area contributed by atoms with Gasteiger partial charge >= 0.3 is 12.3 Å². The predicted octanol–water partition coefficient (Wildman–Crippen LogP) is 5.30. The van der Waals surface area contributed by atoms with Crippen LogP contribution in [0, 0.1) is 17.8 Å². The maximum absolute atomic E-state index is 14.7. The molecule has 8 atom stereocenters. The van der Waals surface area contributed by atoms with Crippen molar-refractivity contribution in [1.82, 2.24) is 25.2 Å². The largest absolute Gasteiger partial charge is 0.491 e. The summed E-state index contributed by atoms with van der Waals surface area (Å²) in [5.41, 5.74) is -1.64. The summed E-state index contributed by atoms with van der Waals surface area (Å²) in [7, 11) is -4.07. The van der Waals surface area contributed by atoms with Crippen LogP contribution >= 0.6 is 0 Å². The second-order valence-corrected chi connectivity index (χ2v) is 19.0. The highest BCUT2D eigenvalue weighted by molar-refractivity contribution is 7.91. The summed E-state index contributed by atoms with van der Waals surface area (Å²) in [6.07, 6.45) is -2.20. The summed E-state index contributed by atoms with van der Waals surface area (Å²) in [5, 5.41) is 6.53. The number of fused-ring (bicyclic) bond motifs is 3. The van der Waals surface area contributed by atoms with E-state index in [9.17, 15) is 40.8 Å². The van der Waals surface area contributed by atoms with Crippen molar-refractivity contribution in [3.05, 3.63) is 42.6 Å². The van der Waals surface area contributed by atoms with Gasteiger partial charge in [-0.15, -0.1) is 0 Å². The van der Waals surface area contributed by atoms with Crippen molar-refractivity contribution < 1.29 is 55.0 Å². The van der Waals surface area contributed by atoms with Gasteiger partial charge in [0.2, 0.25) is 27.7 Å². The molecule has 2 aromatic rings. The number of nitrogens with zero attached hydrogens (tertiary/aromatic N) is 2. The van der Waals surface area contributed by atoms with E-state index in [2.05, 4.69) is 25.1 Å². The van der Waals surface area contributed by atoms with Gasteiger partial charge in [0.1, 0.15) is 29.5 Å². The van der Waals surface area contributed by atoms with Gasteiger partial charge in [-0.2, -0.15) is 13.2 Å². The number of allylic oxidation sites excluding steroid dienone is 1. The van der Waals surface area contributed by atoms with Crippen molar-refractivity contribution in [2.75, 3.05) is 6.54 Å². The third-order valence-corrected chi connectivity index (χ3v) is 13.8. The van der Waals surface area contributed by atoms with E-state index in [1.54, 1.807) is 37.4 Å². The molecule has 1 aromatic carbocycles. The number of rotatable bonds is 9. The molecule has 4 amide bonds. The van der Waals surface area contributed by atoms with E-state index in [1.807, 2.05) is 32.9 Å². The van der Waals surface area contributed by atoms with Crippen LogP contribution < -0.4 is 24.8 Å². The molecule has 58 heavy (non-hydrogen) atoms. The number of benzene rings is 1. The molecule has 14 nitrogen and oxygen atoms in total. The summed E-state index contributed by atoms with van der Waals surface area (Å²) >= 11 is 0. The Bertz CT molecular complexity index is 2060. The molecule has 6 rings (SSSR count). The van der Waals surface area contributed by atoms with Gasteiger partial charge in [0.15, 0.2) is 6.10 Å². The molecule has 1 aromatic heterocycles. The minimum Gasteiger partial charge on any atom is -0.491 e. The fourth-order valence-corrected chi connectivity index (χ4v) is 9.02. The van der Waals surface area contributed by atoms with Crippen LogP contribution in [0.5, 0.6) is 11.6 Å². The highest BCUT2D eigenvalue weighted by Gasteiger charge is 2.63. The predicted molar refractivity (Wildman–Crippen MR) is 206 cm³/mol. The fraction of sp³-hybridized carbons (Fsp3) is 0.625. The number of amides is 4. The number of hydrogen-bond donors (Lipinski definition) is 3. The highest BCUT2D eigenvalue weighted by Crippen LogP contribution is 2.47. The molecule has 0 radical (unpaired) electrons. The standard InChI is InChI=1S/C40H52F3N5O9S/c1-22(2)55-28-11-12-30-26(18-28)13-16-44-34(30)57-29-19-31-33(49)46-39(36(51)47-58(53,54)38(6)14-15-38)20-27(39)10-8-7-9-23(3)17-24(4)32(35(50)48(31)21-29)45-37(52)56-25(5)40(41,42)43/h8,10-13,16,18,22-25,27,29,31-32H,7,9,14-15,17,19-21H2,1-6H3,(H,45,52)(H,46,49)(H,47,51)/b10-8-/t23-,24-,25-,27-,29-,31+,32+,39-/m1/s1. The molecule has 3 heterocycles.